The number of nitrogens with two attached hydrogens (primary N) is 2. The van der Waals surface area contributed by atoms with Gasteiger partial charge in [-0.3, -0.25) is 9.80 Å². The molecular formula is C21H30N8. The van der Waals surface area contributed by atoms with Crippen LogP contribution in [0.2, 0.25) is 0 Å². The van der Waals surface area contributed by atoms with E-state index in [1.165, 1.54) is 25.7 Å². The second kappa shape index (κ2) is 7.33. The molecule has 1 spiro atoms. The van der Waals surface area contributed by atoms with E-state index in [1.54, 1.807) is 0 Å². The summed E-state index contributed by atoms with van der Waals surface area (Å²) < 4.78 is 0. The summed E-state index contributed by atoms with van der Waals surface area (Å²) in [7, 11) is 0. The van der Waals surface area contributed by atoms with Crippen molar-refractivity contribution >= 4 is 28.6 Å². The van der Waals surface area contributed by atoms with Crippen molar-refractivity contribution in [1.82, 2.24) is 14.9 Å². The lowest BCUT2D eigenvalue weighted by molar-refractivity contribution is 0.216. The van der Waals surface area contributed by atoms with E-state index < -0.39 is 5.66 Å². The number of nitrogens with zero attached hydrogens (tertiary/aromatic N) is 5. The first-order chi connectivity index (χ1) is 14.1. The number of aromatic nitrogens is 2. The van der Waals surface area contributed by atoms with Gasteiger partial charge in [-0.05, 0) is 69.8 Å². The van der Waals surface area contributed by atoms with Crippen molar-refractivity contribution in [3.05, 3.63) is 24.0 Å². The summed E-state index contributed by atoms with van der Waals surface area (Å²) in [4.78, 5) is 21.9. The maximum Gasteiger partial charge on any atom is 0.220 e. The molecule has 8 nitrogen and oxygen atoms in total. The number of hydrogen-bond acceptors (Lipinski definition) is 7. The Kier molecular flexibility index (Phi) is 4.66. The van der Waals surface area contributed by atoms with Gasteiger partial charge >= 0.3 is 0 Å². The first kappa shape index (κ1) is 18.4. The Morgan fingerprint density at radius 3 is 2.55 bits per heavy atom. The summed E-state index contributed by atoms with van der Waals surface area (Å²) in [6, 6.07) is 6.26. The number of hydrogen-bond donors (Lipinski definition) is 3. The molecule has 29 heavy (non-hydrogen) atoms. The van der Waals surface area contributed by atoms with Crippen LogP contribution < -0.4 is 16.4 Å². The monoisotopic (exact) mass is 394 g/mol. The van der Waals surface area contributed by atoms with Crippen LogP contribution >= 0.6 is 0 Å². The van der Waals surface area contributed by atoms with Crippen molar-refractivity contribution in [2.45, 2.75) is 63.6 Å². The molecule has 154 valence electrons. The lowest BCUT2D eigenvalue weighted by Gasteiger charge is -2.45. The predicted octanol–water partition coefficient (Wildman–Crippen LogP) is 2.66. The third-order valence-corrected chi connectivity index (χ3v) is 6.45. The number of anilines is 1. The fraction of sp³-hybridized carbons (Fsp3) is 0.571. The van der Waals surface area contributed by atoms with Crippen LogP contribution in [0, 0.1) is 0 Å². The minimum absolute atomic E-state index is 0.284. The Morgan fingerprint density at radius 1 is 1.00 bits per heavy atom. The van der Waals surface area contributed by atoms with Gasteiger partial charge in [-0.2, -0.15) is 4.99 Å². The van der Waals surface area contributed by atoms with E-state index >= 15 is 0 Å². The number of aliphatic imine (C=N–C) groups is 2. The number of piperidine rings is 1. The van der Waals surface area contributed by atoms with Gasteiger partial charge in [-0.15, -0.1) is 0 Å². The molecule has 8 heteroatoms. The zero-order valence-electron chi connectivity index (χ0n) is 16.9. The van der Waals surface area contributed by atoms with Crippen molar-refractivity contribution in [3.63, 3.8) is 0 Å². The smallest absolute Gasteiger partial charge is 0.220 e. The van der Waals surface area contributed by atoms with Crippen molar-refractivity contribution in [1.29, 1.82) is 0 Å². The van der Waals surface area contributed by atoms with Gasteiger partial charge in [0.25, 0.3) is 0 Å². The molecule has 1 aromatic carbocycles. The highest BCUT2D eigenvalue weighted by Gasteiger charge is 2.42. The highest BCUT2D eigenvalue weighted by atomic mass is 15.4. The molecule has 0 radical (unpaired) electrons. The number of aromatic amines is 1. The average molecular weight is 395 g/mol. The first-order valence-electron chi connectivity index (χ1n) is 10.8. The lowest BCUT2D eigenvalue weighted by atomic mass is 9.87. The predicted molar refractivity (Wildman–Crippen MR) is 117 cm³/mol. The number of benzene rings is 1. The van der Waals surface area contributed by atoms with Gasteiger partial charge in [0.15, 0.2) is 0 Å². The molecular weight excluding hydrogens is 364 g/mol. The summed E-state index contributed by atoms with van der Waals surface area (Å²) in [6.07, 6.45) is 9.23. The van der Waals surface area contributed by atoms with E-state index in [4.69, 9.17) is 21.4 Å². The van der Waals surface area contributed by atoms with Crippen LogP contribution in [0.4, 0.5) is 5.69 Å². The number of imidazole rings is 1. The standard InChI is InChI=1S/C21H30N8/c22-19-26-20(23)29(21(27-19)9-3-1-4-10-21)15-7-8-16-17(13-15)25-18(24-16)14-28-11-5-2-6-12-28/h7-8,13H,1-6,9-12,14H2,(H,24,25)(H4,22,23,26,27). The molecule has 0 bridgehead atoms. The summed E-state index contributed by atoms with van der Waals surface area (Å²) >= 11 is 0. The average Bonchev–Trinajstić information content (AvgIpc) is 3.10. The van der Waals surface area contributed by atoms with Gasteiger partial charge < -0.3 is 16.5 Å². The molecule has 0 amide bonds. The van der Waals surface area contributed by atoms with Gasteiger partial charge in [0.05, 0.1) is 17.6 Å². The van der Waals surface area contributed by atoms with Crippen LogP contribution in [0.15, 0.2) is 28.2 Å². The Labute approximate surface area is 171 Å². The van der Waals surface area contributed by atoms with Crippen LogP contribution in [-0.4, -0.2) is 45.5 Å². The van der Waals surface area contributed by atoms with E-state index in [2.05, 4.69) is 38.0 Å². The summed E-state index contributed by atoms with van der Waals surface area (Å²) in [6.45, 7) is 3.19. The van der Waals surface area contributed by atoms with Gasteiger partial charge in [0.1, 0.15) is 11.5 Å². The fourth-order valence-corrected chi connectivity index (χ4v) is 5.09. The van der Waals surface area contributed by atoms with Gasteiger partial charge in [-0.1, -0.05) is 12.8 Å². The molecule has 5 N–H and O–H groups in total. The molecule has 0 atom stereocenters. The summed E-state index contributed by atoms with van der Waals surface area (Å²) in [5, 5.41) is 0. The quantitative estimate of drug-likeness (QED) is 0.741. The maximum atomic E-state index is 6.36. The van der Waals surface area contributed by atoms with Crippen molar-refractivity contribution in [2.24, 2.45) is 21.5 Å². The zero-order chi connectivity index (χ0) is 19.8. The second-order valence-electron chi connectivity index (χ2n) is 8.54. The third-order valence-electron chi connectivity index (χ3n) is 6.45. The van der Waals surface area contributed by atoms with E-state index in [0.717, 1.165) is 67.9 Å². The number of rotatable bonds is 3. The summed E-state index contributed by atoms with van der Waals surface area (Å²) in [5.74, 6) is 1.73. The first-order valence-corrected chi connectivity index (χ1v) is 10.8. The van der Waals surface area contributed by atoms with Crippen LogP contribution in [-0.2, 0) is 6.54 Å². The molecule has 3 aliphatic rings. The molecule has 2 aromatic rings. The molecule has 2 aliphatic heterocycles. The van der Waals surface area contributed by atoms with E-state index in [9.17, 15) is 0 Å². The lowest BCUT2D eigenvalue weighted by Crippen LogP contribution is -2.58. The number of fused-ring (bicyclic) bond motifs is 1. The Bertz CT molecular complexity index is 947. The maximum absolute atomic E-state index is 6.36. The molecule has 0 unspecified atom stereocenters. The molecule has 5 rings (SSSR count). The van der Waals surface area contributed by atoms with Crippen LogP contribution in [0.1, 0.15) is 57.2 Å². The Hall–Kier alpha value is -2.61. The van der Waals surface area contributed by atoms with Gasteiger partial charge in [-0.25, -0.2) is 9.98 Å². The number of likely N-dealkylation sites (tertiary alicyclic amines) is 1. The van der Waals surface area contributed by atoms with Crippen molar-refractivity contribution < 1.29 is 0 Å². The van der Waals surface area contributed by atoms with Crippen LogP contribution in [0.25, 0.3) is 11.0 Å². The highest BCUT2D eigenvalue weighted by Crippen LogP contribution is 2.40. The van der Waals surface area contributed by atoms with E-state index in [1.807, 2.05) is 0 Å². The molecule has 1 aliphatic carbocycles. The normalized spacial score (nSPS) is 22.7. The molecule has 1 aromatic heterocycles. The third kappa shape index (κ3) is 3.46. The minimum atomic E-state index is -0.418. The van der Waals surface area contributed by atoms with Gasteiger partial charge in [0.2, 0.25) is 11.9 Å². The largest absolute Gasteiger partial charge is 0.369 e. The Morgan fingerprint density at radius 2 is 1.76 bits per heavy atom. The van der Waals surface area contributed by atoms with E-state index in [-0.39, 0.29) is 5.96 Å². The van der Waals surface area contributed by atoms with Crippen molar-refractivity contribution in [2.75, 3.05) is 18.0 Å². The number of H-pyrrole nitrogens is 1. The molecule has 2 fully saturated rings. The fourth-order valence-electron chi connectivity index (χ4n) is 5.09. The van der Waals surface area contributed by atoms with Crippen molar-refractivity contribution in [3.8, 4) is 0 Å². The van der Waals surface area contributed by atoms with Gasteiger partial charge in [0, 0.05) is 5.69 Å². The molecule has 1 saturated carbocycles. The van der Waals surface area contributed by atoms with Crippen LogP contribution in [0.5, 0.6) is 0 Å². The number of guanidine groups is 2. The molecule has 1 saturated heterocycles. The topological polar surface area (TPSA) is 112 Å². The summed E-state index contributed by atoms with van der Waals surface area (Å²) in [5.41, 5.74) is 14.9. The van der Waals surface area contributed by atoms with Crippen LogP contribution in [0.3, 0.4) is 0 Å². The highest BCUT2D eigenvalue weighted by molar-refractivity contribution is 6.06. The minimum Gasteiger partial charge on any atom is -0.369 e. The molecule has 3 heterocycles. The number of nitrogens with one attached hydrogen (secondary N) is 1. The SMILES string of the molecule is NC1=NC2(CCCCC2)N(c2ccc3nc(CN4CCCCC4)[nH]c3c2)C(N)=N1. The second-order valence-corrected chi connectivity index (χ2v) is 8.54. The Balaban J connectivity index is 1.46. The zero-order valence-corrected chi connectivity index (χ0v) is 16.9. The van der Waals surface area contributed by atoms with E-state index in [0.29, 0.717) is 5.96 Å².